The number of hydrogen-bond acceptors (Lipinski definition) is 6. The lowest BCUT2D eigenvalue weighted by Gasteiger charge is -2.24. The molecule has 1 aliphatic heterocycles. The number of urea groups is 1. The lowest BCUT2D eigenvalue weighted by atomic mass is 10.1. The third-order valence-corrected chi connectivity index (χ3v) is 4.21. The van der Waals surface area contributed by atoms with Crippen molar-refractivity contribution < 1.29 is 28.7 Å². The van der Waals surface area contributed by atoms with Gasteiger partial charge in [-0.05, 0) is 36.4 Å². The number of halogens is 1. The average Bonchev–Trinajstić information content (AvgIpc) is 3.11. The van der Waals surface area contributed by atoms with E-state index in [2.05, 4.69) is 11.9 Å². The number of imide groups is 2. The zero-order valence-corrected chi connectivity index (χ0v) is 15.0. The van der Waals surface area contributed by atoms with E-state index in [1.54, 1.807) is 6.07 Å². The molecular formula is C19H12ClN2O6-. The summed E-state index contributed by atoms with van der Waals surface area (Å²) >= 11 is 5.81. The molecule has 1 aromatic heterocycles. The molecule has 0 unspecified atom stereocenters. The molecule has 142 valence electrons. The van der Waals surface area contributed by atoms with Crippen molar-refractivity contribution in [3.8, 4) is 11.3 Å². The van der Waals surface area contributed by atoms with Gasteiger partial charge < -0.3 is 14.3 Å². The molecule has 2 aromatic rings. The standard InChI is InChI=1S/C19H13ClN2O6/c1-2-7-22-17(24)13(16(23)21-19(22)27)9-11-4-6-15(28-11)10-3-5-14(20)12(8-10)18(25)26/h2-6,8-9H,1,7H2,(H,25,26)(H,21,23,27)/p-1/b13-9-. The summed E-state index contributed by atoms with van der Waals surface area (Å²) in [7, 11) is 0. The van der Waals surface area contributed by atoms with Crippen molar-refractivity contribution in [3.63, 3.8) is 0 Å². The van der Waals surface area contributed by atoms with E-state index in [4.69, 9.17) is 16.0 Å². The first-order valence-corrected chi connectivity index (χ1v) is 8.30. The van der Waals surface area contributed by atoms with Crippen LogP contribution in [0.15, 0.2) is 53.0 Å². The van der Waals surface area contributed by atoms with E-state index in [9.17, 15) is 24.3 Å². The number of barbiturate groups is 1. The molecule has 1 aliphatic rings. The number of carboxylic acids is 1. The Hall–Kier alpha value is -3.65. The Morgan fingerprint density at radius 1 is 1.25 bits per heavy atom. The van der Waals surface area contributed by atoms with Crippen LogP contribution in [0.25, 0.3) is 17.4 Å². The zero-order valence-electron chi connectivity index (χ0n) is 14.2. The van der Waals surface area contributed by atoms with Crippen LogP contribution in [-0.2, 0) is 9.59 Å². The van der Waals surface area contributed by atoms with Crippen molar-refractivity contribution >= 4 is 41.5 Å². The highest BCUT2D eigenvalue weighted by Crippen LogP contribution is 2.27. The van der Waals surface area contributed by atoms with Crippen LogP contribution < -0.4 is 10.4 Å². The number of hydrogen-bond donors (Lipinski definition) is 1. The van der Waals surface area contributed by atoms with Crippen molar-refractivity contribution in [2.24, 2.45) is 0 Å². The molecule has 0 radical (unpaired) electrons. The Morgan fingerprint density at radius 3 is 2.68 bits per heavy atom. The van der Waals surface area contributed by atoms with Crippen LogP contribution in [0.2, 0.25) is 5.02 Å². The van der Waals surface area contributed by atoms with E-state index in [1.807, 2.05) is 0 Å². The Balaban J connectivity index is 1.94. The number of rotatable bonds is 5. The summed E-state index contributed by atoms with van der Waals surface area (Å²) in [6.07, 6.45) is 2.55. The molecule has 2 heterocycles. The molecule has 0 bridgehead atoms. The van der Waals surface area contributed by atoms with Gasteiger partial charge in [-0.2, -0.15) is 0 Å². The number of furan rings is 1. The maximum absolute atomic E-state index is 12.4. The smallest absolute Gasteiger partial charge is 0.331 e. The highest BCUT2D eigenvalue weighted by molar-refractivity contribution is 6.33. The molecule has 9 heteroatoms. The third-order valence-electron chi connectivity index (χ3n) is 3.88. The van der Waals surface area contributed by atoms with Crippen molar-refractivity contribution in [1.29, 1.82) is 0 Å². The molecule has 0 atom stereocenters. The molecule has 1 fully saturated rings. The van der Waals surface area contributed by atoms with E-state index >= 15 is 0 Å². The lowest BCUT2D eigenvalue weighted by molar-refractivity contribution is -0.255. The van der Waals surface area contributed by atoms with Gasteiger partial charge >= 0.3 is 6.03 Å². The number of carboxylic acid groups (broad SMARTS) is 1. The Bertz CT molecular complexity index is 1050. The fraction of sp³-hybridized carbons (Fsp3) is 0.0526. The van der Waals surface area contributed by atoms with Crippen LogP contribution in [0, 0.1) is 0 Å². The quantitative estimate of drug-likeness (QED) is 0.463. The van der Waals surface area contributed by atoms with Crippen LogP contribution >= 0.6 is 11.6 Å². The van der Waals surface area contributed by atoms with Gasteiger partial charge in [0.15, 0.2) is 0 Å². The molecule has 1 saturated heterocycles. The highest BCUT2D eigenvalue weighted by Gasteiger charge is 2.35. The minimum atomic E-state index is -1.43. The monoisotopic (exact) mass is 399 g/mol. The fourth-order valence-electron chi connectivity index (χ4n) is 2.55. The van der Waals surface area contributed by atoms with E-state index < -0.39 is 23.8 Å². The van der Waals surface area contributed by atoms with Crippen molar-refractivity contribution in [1.82, 2.24) is 10.2 Å². The summed E-state index contributed by atoms with van der Waals surface area (Å²) in [6, 6.07) is 6.42. The minimum Gasteiger partial charge on any atom is -0.545 e. The van der Waals surface area contributed by atoms with Crippen LogP contribution in [0.5, 0.6) is 0 Å². The molecule has 0 aliphatic carbocycles. The number of nitrogens with one attached hydrogen (secondary N) is 1. The van der Waals surface area contributed by atoms with Gasteiger partial charge in [0.05, 0.1) is 5.97 Å². The molecule has 3 rings (SSSR count). The van der Waals surface area contributed by atoms with E-state index in [0.717, 1.165) is 4.90 Å². The molecular weight excluding hydrogens is 388 g/mol. The summed E-state index contributed by atoms with van der Waals surface area (Å²) in [6.45, 7) is 3.40. The second kappa shape index (κ2) is 7.53. The number of amides is 4. The molecule has 0 spiro atoms. The molecule has 8 nitrogen and oxygen atoms in total. The highest BCUT2D eigenvalue weighted by atomic mass is 35.5. The molecule has 1 N–H and O–H groups in total. The van der Waals surface area contributed by atoms with Gasteiger partial charge in [0.2, 0.25) is 0 Å². The SMILES string of the molecule is C=CCN1C(=O)NC(=O)/C(=C/c2ccc(-c3ccc(Cl)c(C(=O)[O-])c3)o2)C1=O. The Morgan fingerprint density at radius 2 is 2.00 bits per heavy atom. The van der Waals surface area contributed by atoms with Crippen molar-refractivity contribution in [3.05, 3.63) is 64.9 Å². The zero-order chi connectivity index (χ0) is 20.4. The topological polar surface area (TPSA) is 120 Å². The van der Waals surface area contributed by atoms with Gasteiger partial charge in [-0.1, -0.05) is 17.7 Å². The lowest BCUT2D eigenvalue weighted by Crippen LogP contribution is -2.54. The van der Waals surface area contributed by atoms with Gasteiger partial charge in [-0.15, -0.1) is 6.58 Å². The normalized spacial score (nSPS) is 15.7. The van der Waals surface area contributed by atoms with Crippen molar-refractivity contribution in [2.75, 3.05) is 6.54 Å². The summed E-state index contributed by atoms with van der Waals surface area (Å²) in [5.74, 6) is -2.62. The first kappa shape index (κ1) is 19.1. The summed E-state index contributed by atoms with van der Waals surface area (Å²) in [5.41, 5.74) is -0.0686. The first-order valence-electron chi connectivity index (χ1n) is 7.92. The predicted molar refractivity (Wildman–Crippen MR) is 96.9 cm³/mol. The van der Waals surface area contributed by atoms with Crippen molar-refractivity contribution in [2.45, 2.75) is 0 Å². The molecule has 0 saturated carbocycles. The first-order chi connectivity index (χ1) is 13.3. The van der Waals surface area contributed by atoms with Gasteiger partial charge in [0.1, 0.15) is 17.1 Å². The van der Waals surface area contributed by atoms with Crippen LogP contribution in [0.1, 0.15) is 16.1 Å². The number of aromatic carboxylic acids is 1. The van der Waals surface area contributed by atoms with Gasteiger partial charge in [0, 0.05) is 22.7 Å². The van der Waals surface area contributed by atoms with Gasteiger partial charge in [-0.25, -0.2) is 4.79 Å². The molecule has 28 heavy (non-hydrogen) atoms. The maximum Gasteiger partial charge on any atom is 0.331 e. The van der Waals surface area contributed by atoms with Crippen LogP contribution in [0.4, 0.5) is 4.79 Å². The number of carbonyl (C=O) groups excluding carboxylic acids is 4. The van der Waals surface area contributed by atoms with E-state index in [-0.39, 0.29) is 34.2 Å². The number of benzene rings is 1. The predicted octanol–water partition coefficient (Wildman–Crippen LogP) is 1.61. The number of carbonyl (C=O) groups is 4. The summed E-state index contributed by atoms with van der Waals surface area (Å²) in [4.78, 5) is 48.0. The van der Waals surface area contributed by atoms with Gasteiger partial charge in [-0.3, -0.25) is 19.8 Å². The maximum atomic E-state index is 12.4. The third kappa shape index (κ3) is 3.58. The second-order valence-electron chi connectivity index (χ2n) is 5.71. The largest absolute Gasteiger partial charge is 0.545 e. The van der Waals surface area contributed by atoms with Crippen LogP contribution in [-0.4, -0.2) is 35.3 Å². The summed E-state index contributed by atoms with van der Waals surface area (Å²) < 4.78 is 5.58. The van der Waals surface area contributed by atoms with E-state index in [1.165, 1.54) is 36.4 Å². The summed E-state index contributed by atoms with van der Waals surface area (Å²) in [5, 5.41) is 13.2. The fourth-order valence-corrected chi connectivity index (χ4v) is 2.75. The van der Waals surface area contributed by atoms with Gasteiger partial charge in [0.25, 0.3) is 11.8 Å². The number of nitrogens with zero attached hydrogens (tertiary/aromatic N) is 1. The second-order valence-corrected chi connectivity index (χ2v) is 6.11. The Labute approximate surface area is 163 Å². The molecule has 1 aromatic carbocycles. The molecule has 4 amide bonds. The van der Waals surface area contributed by atoms with E-state index in [0.29, 0.717) is 5.56 Å². The minimum absolute atomic E-state index is 0.0223. The Kier molecular flexibility index (Phi) is 5.14. The van der Waals surface area contributed by atoms with Crippen LogP contribution in [0.3, 0.4) is 0 Å². The average molecular weight is 400 g/mol.